The Morgan fingerprint density at radius 1 is 1.10 bits per heavy atom. The van der Waals surface area contributed by atoms with E-state index in [1.807, 2.05) is 27.7 Å². The lowest BCUT2D eigenvalue weighted by Gasteiger charge is -2.50. The number of aliphatic hydroxyl groups excluding tert-OH is 3. The Morgan fingerprint density at radius 2 is 1.65 bits per heavy atom. The zero-order valence-electron chi connectivity index (χ0n) is 18.5. The molecule has 0 unspecified atom stereocenters. The Labute approximate surface area is 180 Å². The average molecular weight is 447 g/mol. The fourth-order valence-electron chi connectivity index (χ4n) is 4.57. The maximum absolute atomic E-state index is 12.7. The lowest BCUT2D eigenvalue weighted by Crippen LogP contribution is -2.60. The molecular weight excluding hydrogens is 414 g/mol. The summed E-state index contributed by atoms with van der Waals surface area (Å²) in [5.41, 5.74) is -1.27. The van der Waals surface area contributed by atoms with Crippen LogP contribution in [0.25, 0.3) is 0 Å². The molecule has 1 saturated carbocycles. The molecule has 1 saturated heterocycles. The molecule has 2 fully saturated rings. The highest BCUT2D eigenvalue weighted by molar-refractivity contribution is 5.73. The van der Waals surface area contributed by atoms with Crippen LogP contribution in [-0.4, -0.2) is 91.8 Å². The molecule has 0 radical (unpaired) electrons. The van der Waals surface area contributed by atoms with E-state index in [1.165, 1.54) is 5.06 Å². The highest BCUT2D eigenvalue weighted by Gasteiger charge is 2.49. The smallest absolute Gasteiger partial charge is 0.433 e. The summed E-state index contributed by atoms with van der Waals surface area (Å²) in [4.78, 5) is 34.7. The Hall–Kier alpha value is -1.86. The molecule has 5 atom stereocenters. The van der Waals surface area contributed by atoms with E-state index in [1.54, 1.807) is 0 Å². The lowest BCUT2D eigenvalue weighted by molar-refractivity contribution is -0.252. The van der Waals surface area contributed by atoms with E-state index in [-0.39, 0.29) is 13.0 Å². The SMILES string of the molecule is CN(N=O)C(=O)O[C@@H]1[C@@H](O)[C@H](O)[C@@H](COC(=O)C2CC(C)(C)N(O)C(C)(C)C2)C[C@H]1O. The van der Waals surface area contributed by atoms with Crippen molar-refractivity contribution in [1.29, 1.82) is 0 Å². The number of carbonyl (C=O) groups excluding carboxylic acids is 2. The van der Waals surface area contributed by atoms with Crippen LogP contribution in [0.5, 0.6) is 0 Å². The number of esters is 1. The van der Waals surface area contributed by atoms with Gasteiger partial charge >= 0.3 is 12.1 Å². The second-order valence-corrected chi connectivity index (χ2v) is 9.67. The molecule has 2 rings (SSSR count). The van der Waals surface area contributed by atoms with Gasteiger partial charge in [0.25, 0.3) is 0 Å². The Balaban J connectivity index is 1.96. The van der Waals surface area contributed by atoms with Gasteiger partial charge in [-0.1, -0.05) is 0 Å². The summed E-state index contributed by atoms with van der Waals surface area (Å²) >= 11 is 0. The van der Waals surface area contributed by atoms with E-state index in [0.29, 0.717) is 17.9 Å². The highest BCUT2D eigenvalue weighted by atomic mass is 16.6. The summed E-state index contributed by atoms with van der Waals surface area (Å²) in [6.07, 6.45) is -6.43. The Kier molecular flexibility index (Phi) is 7.64. The van der Waals surface area contributed by atoms with Crippen LogP contribution < -0.4 is 0 Å². The van der Waals surface area contributed by atoms with Gasteiger partial charge in [0.05, 0.1) is 30.0 Å². The zero-order chi connectivity index (χ0) is 23.7. The molecule has 12 nitrogen and oxygen atoms in total. The first-order chi connectivity index (χ1) is 14.2. The molecule has 4 N–H and O–H groups in total. The Bertz CT molecular complexity index is 669. The number of amides is 1. The van der Waals surface area contributed by atoms with Gasteiger partial charge in [-0.25, -0.2) is 4.79 Å². The number of rotatable bonds is 5. The maximum Gasteiger partial charge on any atom is 0.433 e. The monoisotopic (exact) mass is 447 g/mol. The number of hydrogen-bond donors (Lipinski definition) is 4. The van der Waals surface area contributed by atoms with Gasteiger partial charge in [-0.15, -0.1) is 4.91 Å². The van der Waals surface area contributed by atoms with Gasteiger partial charge in [-0.3, -0.25) is 4.79 Å². The highest BCUT2D eigenvalue weighted by Crippen LogP contribution is 2.40. The number of nitroso groups, excluding NO2 is 1. The van der Waals surface area contributed by atoms with Crippen molar-refractivity contribution in [2.75, 3.05) is 13.7 Å². The molecule has 0 aromatic heterocycles. The van der Waals surface area contributed by atoms with Crippen molar-refractivity contribution < 1.29 is 39.6 Å². The summed E-state index contributed by atoms with van der Waals surface area (Å²) in [6.45, 7) is 7.05. The van der Waals surface area contributed by atoms with Crippen molar-refractivity contribution in [2.45, 2.75) is 82.5 Å². The van der Waals surface area contributed by atoms with Crippen LogP contribution in [0.4, 0.5) is 4.79 Å². The molecule has 1 aliphatic heterocycles. The van der Waals surface area contributed by atoms with Crippen LogP contribution in [0.3, 0.4) is 0 Å². The topological polar surface area (TPSA) is 169 Å². The van der Waals surface area contributed by atoms with Crippen molar-refractivity contribution in [3.05, 3.63) is 4.91 Å². The fraction of sp³-hybridized carbons (Fsp3) is 0.895. The molecule has 2 aliphatic rings. The number of hydrogen-bond acceptors (Lipinski definition) is 11. The van der Waals surface area contributed by atoms with Gasteiger partial charge in [0.1, 0.15) is 6.10 Å². The molecular formula is C19H33N3O9. The maximum atomic E-state index is 12.7. The van der Waals surface area contributed by atoms with E-state index in [4.69, 9.17) is 9.47 Å². The zero-order valence-corrected chi connectivity index (χ0v) is 18.5. The summed E-state index contributed by atoms with van der Waals surface area (Å²) in [7, 11) is 1.04. The molecule has 1 amide bonds. The van der Waals surface area contributed by atoms with Crippen LogP contribution in [0.15, 0.2) is 5.29 Å². The number of aliphatic hydroxyl groups is 3. The first kappa shape index (κ1) is 25.4. The third kappa shape index (κ3) is 5.50. The second-order valence-electron chi connectivity index (χ2n) is 9.67. The largest absolute Gasteiger partial charge is 0.465 e. The van der Waals surface area contributed by atoms with E-state index in [2.05, 4.69) is 5.29 Å². The van der Waals surface area contributed by atoms with Crippen molar-refractivity contribution in [3.8, 4) is 0 Å². The summed E-state index contributed by atoms with van der Waals surface area (Å²) in [5, 5.41) is 45.2. The van der Waals surface area contributed by atoms with Gasteiger partial charge in [0.2, 0.25) is 0 Å². The first-order valence-corrected chi connectivity index (χ1v) is 10.2. The van der Waals surface area contributed by atoms with Crippen LogP contribution in [0, 0.1) is 16.7 Å². The number of piperidine rings is 1. The van der Waals surface area contributed by atoms with E-state index >= 15 is 0 Å². The lowest BCUT2D eigenvalue weighted by atomic mass is 9.75. The van der Waals surface area contributed by atoms with Crippen LogP contribution in [-0.2, 0) is 14.3 Å². The number of nitrogens with zero attached hydrogens (tertiary/aromatic N) is 3. The average Bonchev–Trinajstić information content (AvgIpc) is 2.69. The van der Waals surface area contributed by atoms with Gasteiger partial charge < -0.3 is 30.0 Å². The normalized spacial score (nSPS) is 33.4. The summed E-state index contributed by atoms with van der Waals surface area (Å²) in [6, 6.07) is 0. The molecule has 0 bridgehead atoms. The molecule has 178 valence electrons. The predicted octanol–water partition coefficient (Wildman–Crippen LogP) is 0.409. The van der Waals surface area contributed by atoms with E-state index < -0.39 is 59.4 Å². The minimum absolute atomic E-state index is 0.103. The second kappa shape index (κ2) is 9.33. The number of hydroxylamine groups is 2. The molecule has 12 heteroatoms. The minimum atomic E-state index is -1.65. The number of carbonyl (C=O) groups is 2. The Morgan fingerprint density at radius 3 is 2.16 bits per heavy atom. The predicted molar refractivity (Wildman–Crippen MR) is 105 cm³/mol. The van der Waals surface area contributed by atoms with Crippen molar-refractivity contribution in [2.24, 2.45) is 17.1 Å². The number of ether oxygens (including phenoxy) is 2. The van der Waals surface area contributed by atoms with Gasteiger partial charge in [0.15, 0.2) is 6.10 Å². The molecule has 0 aromatic rings. The van der Waals surface area contributed by atoms with Crippen molar-refractivity contribution in [3.63, 3.8) is 0 Å². The first-order valence-electron chi connectivity index (χ1n) is 10.2. The van der Waals surface area contributed by atoms with Gasteiger partial charge in [-0.2, -0.15) is 10.1 Å². The minimum Gasteiger partial charge on any atom is -0.465 e. The molecule has 0 aromatic carbocycles. The van der Waals surface area contributed by atoms with Crippen LogP contribution >= 0.6 is 0 Å². The fourth-order valence-corrected chi connectivity index (χ4v) is 4.57. The van der Waals surface area contributed by atoms with E-state index in [0.717, 1.165) is 7.05 Å². The molecule has 1 aliphatic carbocycles. The molecule has 1 heterocycles. The summed E-state index contributed by atoms with van der Waals surface area (Å²) in [5.74, 6) is -1.74. The van der Waals surface area contributed by atoms with Gasteiger partial charge in [-0.05, 0) is 47.0 Å². The van der Waals surface area contributed by atoms with Crippen LogP contribution in [0.2, 0.25) is 0 Å². The summed E-state index contributed by atoms with van der Waals surface area (Å²) < 4.78 is 10.2. The quantitative estimate of drug-likeness (QED) is 0.263. The van der Waals surface area contributed by atoms with Crippen molar-refractivity contribution >= 4 is 12.1 Å². The van der Waals surface area contributed by atoms with Crippen molar-refractivity contribution in [1.82, 2.24) is 10.1 Å². The third-order valence-corrected chi connectivity index (χ3v) is 6.13. The van der Waals surface area contributed by atoms with Gasteiger partial charge in [0, 0.05) is 24.0 Å². The molecule has 31 heavy (non-hydrogen) atoms. The van der Waals surface area contributed by atoms with Crippen LogP contribution in [0.1, 0.15) is 47.0 Å². The van der Waals surface area contributed by atoms with E-state index in [9.17, 15) is 35.0 Å². The standard InChI is InChI=1S/C19H33N3O9/c1-18(2)7-11(8-19(3,4)22(18)29)16(26)30-9-10-6-12(23)15(14(25)13(10)24)31-17(27)21(5)20-28/h10-15,23-25,29H,6-9H2,1-5H3/t10-,12-,13-,14+,15+/m1/s1. The molecule has 0 spiro atoms. The third-order valence-electron chi connectivity index (χ3n) is 6.13.